The molecule has 3 aromatic rings. The van der Waals surface area contributed by atoms with E-state index in [2.05, 4.69) is 19.7 Å². The van der Waals surface area contributed by atoms with E-state index in [1.54, 1.807) is 0 Å². The molecule has 0 aromatic heterocycles. The van der Waals surface area contributed by atoms with Crippen LogP contribution in [0.3, 0.4) is 0 Å². The third kappa shape index (κ3) is 13.6. The standard InChI is InChI=1S/C42H50O6/c1-5-42(30-46-39(43)27-15-18-33(2)36-21-9-6-10-22-36,31-47-40(44)28-16-19-34(3)37-23-11-7-12-24-37)32-48-41(45)29-17-20-35(4)38-25-13-8-14-26-38/h6-14,21-26H,2-5,15-20,27-32H2,1H3. The lowest BCUT2D eigenvalue weighted by Gasteiger charge is -2.31. The van der Waals surface area contributed by atoms with Gasteiger partial charge in [0.25, 0.3) is 0 Å². The molecule has 0 spiro atoms. The zero-order valence-electron chi connectivity index (χ0n) is 28.4. The Morgan fingerprint density at radius 2 is 0.750 bits per heavy atom. The van der Waals surface area contributed by atoms with Crippen molar-refractivity contribution < 1.29 is 28.6 Å². The van der Waals surface area contributed by atoms with Gasteiger partial charge in [-0.05, 0) is 78.4 Å². The van der Waals surface area contributed by atoms with Crippen molar-refractivity contribution in [2.24, 2.45) is 5.41 Å². The van der Waals surface area contributed by atoms with Crippen LogP contribution in [0.25, 0.3) is 16.7 Å². The molecule has 0 aliphatic rings. The van der Waals surface area contributed by atoms with Crippen molar-refractivity contribution in [3.63, 3.8) is 0 Å². The van der Waals surface area contributed by atoms with Gasteiger partial charge in [-0.2, -0.15) is 0 Å². The van der Waals surface area contributed by atoms with Crippen molar-refractivity contribution in [3.8, 4) is 0 Å². The number of allylic oxidation sites excluding steroid dienone is 3. The quantitative estimate of drug-likeness (QED) is 0.0796. The molecule has 6 nitrogen and oxygen atoms in total. The summed E-state index contributed by atoms with van der Waals surface area (Å²) in [6.45, 7) is 14.2. The minimum absolute atomic E-state index is 0.0296. The number of rotatable bonds is 22. The van der Waals surface area contributed by atoms with E-state index in [1.165, 1.54) is 0 Å². The molecule has 0 saturated carbocycles. The minimum atomic E-state index is -0.865. The molecule has 0 atom stereocenters. The van der Waals surface area contributed by atoms with E-state index in [0.717, 1.165) is 33.4 Å². The maximum Gasteiger partial charge on any atom is 0.305 e. The third-order valence-electron chi connectivity index (χ3n) is 8.49. The molecule has 6 heteroatoms. The second kappa shape index (κ2) is 20.5. The zero-order chi connectivity index (χ0) is 34.6. The van der Waals surface area contributed by atoms with Crippen LogP contribution in [-0.4, -0.2) is 37.7 Å². The maximum atomic E-state index is 12.8. The van der Waals surface area contributed by atoms with Crippen LogP contribution in [0.4, 0.5) is 0 Å². The second-order valence-corrected chi connectivity index (χ2v) is 12.3. The summed E-state index contributed by atoms with van der Waals surface area (Å²) in [5.41, 5.74) is 5.17. The highest BCUT2D eigenvalue weighted by molar-refractivity contribution is 5.72. The Labute approximate surface area is 286 Å². The van der Waals surface area contributed by atoms with Gasteiger partial charge in [-0.3, -0.25) is 14.4 Å². The summed E-state index contributed by atoms with van der Waals surface area (Å²) in [6.07, 6.45) is 4.93. The fourth-order valence-corrected chi connectivity index (χ4v) is 5.14. The first kappa shape index (κ1) is 37.7. The molecular formula is C42H50O6. The van der Waals surface area contributed by atoms with Crippen molar-refractivity contribution in [1.29, 1.82) is 0 Å². The monoisotopic (exact) mass is 650 g/mol. The van der Waals surface area contributed by atoms with Crippen molar-refractivity contribution in [2.75, 3.05) is 19.8 Å². The summed E-state index contributed by atoms with van der Waals surface area (Å²) in [5.74, 6) is -1.07. The second-order valence-electron chi connectivity index (χ2n) is 12.3. The van der Waals surface area contributed by atoms with Crippen molar-refractivity contribution >= 4 is 34.6 Å². The number of hydrogen-bond acceptors (Lipinski definition) is 6. The normalized spacial score (nSPS) is 10.9. The highest BCUT2D eigenvalue weighted by Gasteiger charge is 2.34. The lowest BCUT2D eigenvalue weighted by atomic mass is 9.88. The first-order valence-electron chi connectivity index (χ1n) is 16.9. The summed E-state index contributed by atoms with van der Waals surface area (Å²) in [6, 6.07) is 29.6. The Bertz CT molecular complexity index is 1300. The molecule has 48 heavy (non-hydrogen) atoms. The highest BCUT2D eigenvalue weighted by Crippen LogP contribution is 2.27. The number of carbonyl (C=O) groups is 3. The largest absolute Gasteiger partial charge is 0.465 e. The molecule has 0 fully saturated rings. The SMILES string of the molecule is C=C(CCCC(=O)OCC(CC)(COC(=O)CCCC(=C)c1ccccc1)COC(=O)CCCC(=C)c1ccccc1)c1ccccc1. The summed E-state index contributed by atoms with van der Waals surface area (Å²) in [4.78, 5) is 38.3. The van der Waals surface area contributed by atoms with E-state index < -0.39 is 5.41 Å². The Kier molecular flexibility index (Phi) is 16.1. The predicted molar refractivity (Wildman–Crippen MR) is 194 cm³/mol. The van der Waals surface area contributed by atoms with Gasteiger partial charge in [0.1, 0.15) is 19.8 Å². The lowest BCUT2D eigenvalue weighted by molar-refractivity contribution is -0.162. The Hall–Kier alpha value is -4.71. The van der Waals surface area contributed by atoms with Gasteiger partial charge >= 0.3 is 17.9 Å². The van der Waals surface area contributed by atoms with Gasteiger partial charge in [-0.1, -0.05) is 118 Å². The molecule has 0 unspecified atom stereocenters. The summed E-state index contributed by atoms with van der Waals surface area (Å²) in [5, 5.41) is 0. The molecule has 0 aliphatic heterocycles. The number of carbonyl (C=O) groups excluding carboxylic acids is 3. The van der Waals surface area contributed by atoms with Gasteiger partial charge in [0.05, 0.1) is 5.41 Å². The van der Waals surface area contributed by atoms with Crippen LogP contribution in [0.15, 0.2) is 111 Å². The van der Waals surface area contributed by atoms with E-state index in [0.29, 0.717) is 44.9 Å². The van der Waals surface area contributed by atoms with Crippen LogP contribution in [-0.2, 0) is 28.6 Å². The Morgan fingerprint density at radius 1 is 0.479 bits per heavy atom. The molecule has 0 N–H and O–H groups in total. The molecule has 0 saturated heterocycles. The number of esters is 3. The maximum absolute atomic E-state index is 12.8. The average molecular weight is 651 g/mol. The fourth-order valence-electron chi connectivity index (χ4n) is 5.14. The van der Waals surface area contributed by atoms with Gasteiger partial charge in [0, 0.05) is 19.3 Å². The van der Waals surface area contributed by atoms with Crippen LogP contribution in [0.2, 0.25) is 0 Å². The van der Waals surface area contributed by atoms with Gasteiger partial charge in [0.15, 0.2) is 0 Å². The molecular weight excluding hydrogens is 600 g/mol. The third-order valence-corrected chi connectivity index (χ3v) is 8.49. The average Bonchev–Trinajstić information content (AvgIpc) is 3.12. The summed E-state index contributed by atoms with van der Waals surface area (Å²) in [7, 11) is 0. The van der Waals surface area contributed by atoms with Crippen molar-refractivity contribution in [1.82, 2.24) is 0 Å². The van der Waals surface area contributed by atoms with Crippen molar-refractivity contribution in [3.05, 3.63) is 127 Å². The Balaban J connectivity index is 1.51. The summed E-state index contributed by atoms with van der Waals surface area (Å²) >= 11 is 0. The minimum Gasteiger partial charge on any atom is -0.465 e. The van der Waals surface area contributed by atoms with Crippen LogP contribution < -0.4 is 0 Å². The predicted octanol–water partition coefficient (Wildman–Crippen LogP) is 9.66. The number of benzene rings is 3. The van der Waals surface area contributed by atoms with Crippen LogP contribution in [0, 0.1) is 5.41 Å². The van der Waals surface area contributed by atoms with Gasteiger partial charge in [0.2, 0.25) is 0 Å². The number of ether oxygens (including phenoxy) is 3. The molecule has 0 bridgehead atoms. The van der Waals surface area contributed by atoms with E-state index in [-0.39, 0.29) is 57.0 Å². The topological polar surface area (TPSA) is 78.9 Å². The Morgan fingerprint density at radius 3 is 1.00 bits per heavy atom. The smallest absolute Gasteiger partial charge is 0.305 e. The van der Waals surface area contributed by atoms with Gasteiger partial charge in [-0.25, -0.2) is 0 Å². The molecule has 0 amide bonds. The molecule has 3 aromatic carbocycles. The van der Waals surface area contributed by atoms with Crippen LogP contribution >= 0.6 is 0 Å². The number of hydrogen-bond donors (Lipinski definition) is 0. The van der Waals surface area contributed by atoms with E-state index in [1.807, 2.05) is 97.9 Å². The van der Waals surface area contributed by atoms with E-state index in [4.69, 9.17) is 14.2 Å². The molecule has 254 valence electrons. The zero-order valence-corrected chi connectivity index (χ0v) is 28.4. The first-order valence-corrected chi connectivity index (χ1v) is 16.9. The van der Waals surface area contributed by atoms with Crippen LogP contribution in [0.5, 0.6) is 0 Å². The van der Waals surface area contributed by atoms with E-state index in [9.17, 15) is 14.4 Å². The van der Waals surface area contributed by atoms with Crippen molar-refractivity contribution in [2.45, 2.75) is 71.1 Å². The van der Waals surface area contributed by atoms with Gasteiger partial charge in [-0.15, -0.1) is 0 Å². The molecule has 0 aliphatic carbocycles. The fraction of sp³-hybridized carbons (Fsp3) is 0.357. The van der Waals surface area contributed by atoms with Crippen LogP contribution in [0.1, 0.15) is 87.8 Å². The molecule has 3 rings (SSSR count). The highest BCUT2D eigenvalue weighted by atomic mass is 16.6. The van der Waals surface area contributed by atoms with E-state index >= 15 is 0 Å². The lowest BCUT2D eigenvalue weighted by Crippen LogP contribution is -2.39. The first-order chi connectivity index (χ1) is 23.2. The van der Waals surface area contributed by atoms with Gasteiger partial charge < -0.3 is 14.2 Å². The summed E-state index contributed by atoms with van der Waals surface area (Å²) < 4.78 is 17.1. The molecule has 0 heterocycles. The molecule has 0 radical (unpaired) electrons.